The van der Waals surface area contributed by atoms with Crippen molar-refractivity contribution in [1.82, 2.24) is 0 Å². The van der Waals surface area contributed by atoms with Gasteiger partial charge in [0, 0.05) is 11.8 Å². The quantitative estimate of drug-likeness (QED) is 0.811. The molecule has 0 bridgehead atoms. The fraction of sp³-hybridized carbons (Fsp3) is 0.278. The summed E-state index contributed by atoms with van der Waals surface area (Å²) in [5.74, 6) is 1.44. The Labute approximate surface area is 142 Å². The van der Waals surface area contributed by atoms with Gasteiger partial charge in [-0.25, -0.2) is 0 Å². The highest BCUT2D eigenvalue weighted by Gasteiger charge is 2.09. The monoisotopic (exact) mass is 330 g/mol. The van der Waals surface area contributed by atoms with Crippen LogP contribution in [0.4, 0.5) is 11.4 Å². The van der Waals surface area contributed by atoms with Crippen molar-refractivity contribution in [3.8, 4) is 11.5 Å². The van der Waals surface area contributed by atoms with E-state index in [9.17, 15) is 0 Å². The lowest BCUT2D eigenvalue weighted by Gasteiger charge is -2.17. The molecule has 23 heavy (non-hydrogen) atoms. The first-order chi connectivity index (χ1) is 10.9. The number of methoxy groups -OCH3 is 2. The van der Waals surface area contributed by atoms with Crippen molar-refractivity contribution < 1.29 is 9.47 Å². The van der Waals surface area contributed by atoms with Crippen LogP contribution in [-0.4, -0.2) is 19.3 Å². The molecule has 0 fully saturated rings. The normalized spacial score (nSPS) is 10.1. The number of thiocarbonyl (C=S) groups is 1. The maximum absolute atomic E-state index is 5.44. The molecule has 2 aromatic carbocycles. The summed E-state index contributed by atoms with van der Waals surface area (Å²) in [5, 5.41) is 6.94. The van der Waals surface area contributed by atoms with Crippen LogP contribution in [0.15, 0.2) is 30.3 Å². The lowest BCUT2D eigenvalue weighted by atomic mass is 10.1. The predicted octanol–water partition coefficient (Wildman–Crippen LogP) is 4.44. The van der Waals surface area contributed by atoms with Gasteiger partial charge in [0.05, 0.1) is 19.9 Å². The molecule has 0 unspecified atom stereocenters. The Morgan fingerprint density at radius 2 is 1.57 bits per heavy atom. The summed E-state index contributed by atoms with van der Waals surface area (Å²) in [5.41, 5.74) is 5.33. The molecule has 0 heterocycles. The molecule has 2 aromatic rings. The number of nitrogens with one attached hydrogen (secondary N) is 2. The Bertz CT molecular complexity index is 706. The summed E-state index contributed by atoms with van der Waals surface area (Å²) >= 11 is 5.44. The molecule has 122 valence electrons. The number of anilines is 2. The average molecular weight is 330 g/mol. The lowest BCUT2D eigenvalue weighted by molar-refractivity contribution is 0.405. The SMILES string of the molecule is COc1ccc(OC)c(NC(=S)Nc2c(C)cc(C)cc2C)c1. The second kappa shape index (κ2) is 7.33. The van der Waals surface area contributed by atoms with Crippen molar-refractivity contribution >= 4 is 28.7 Å². The van der Waals surface area contributed by atoms with E-state index >= 15 is 0 Å². The van der Waals surface area contributed by atoms with E-state index < -0.39 is 0 Å². The van der Waals surface area contributed by atoms with E-state index in [0.717, 1.165) is 28.3 Å². The summed E-state index contributed by atoms with van der Waals surface area (Å²) in [6, 6.07) is 9.79. The minimum Gasteiger partial charge on any atom is -0.497 e. The van der Waals surface area contributed by atoms with Gasteiger partial charge < -0.3 is 20.1 Å². The van der Waals surface area contributed by atoms with Gasteiger partial charge in [-0.3, -0.25) is 0 Å². The Morgan fingerprint density at radius 1 is 0.913 bits per heavy atom. The molecule has 0 aliphatic rings. The summed E-state index contributed by atoms with van der Waals surface area (Å²) < 4.78 is 10.6. The topological polar surface area (TPSA) is 42.5 Å². The molecule has 0 saturated carbocycles. The van der Waals surface area contributed by atoms with Gasteiger partial charge >= 0.3 is 0 Å². The molecule has 0 aliphatic carbocycles. The van der Waals surface area contributed by atoms with Gasteiger partial charge in [-0.1, -0.05) is 17.7 Å². The Kier molecular flexibility index (Phi) is 5.45. The van der Waals surface area contributed by atoms with Gasteiger partial charge in [-0.2, -0.15) is 0 Å². The van der Waals surface area contributed by atoms with Crippen molar-refractivity contribution in [3.63, 3.8) is 0 Å². The molecule has 0 spiro atoms. The molecule has 4 nitrogen and oxygen atoms in total. The van der Waals surface area contributed by atoms with Gasteiger partial charge in [0.1, 0.15) is 11.5 Å². The van der Waals surface area contributed by atoms with Crippen molar-refractivity contribution in [2.45, 2.75) is 20.8 Å². The molecule has 0 radical (unpaired) electrons. The van der Waals surface area contributed by atoms with E-state index in [-0.39, 0.29) is 0 Å². The largest absolute Gasteiger partial charge is 0.497 e. The molecule has 0 aliphatic heterocycles. The summed E-state index contributed by atoms with van der Waals surface area (Å²) in [4.78, 5) is 0. The predicted molar refractivity (Wildman–Crippen MR) is 100 cm³/mol. The van der Waals surface area contributed by atoms with Crippen LogP contribution in [-0.2, 0) is 0 Å². The van der Waals surface area contributed by atoms with Gasteiger partial charge in [-0.05, 0) is 56.2 Å². The fourth-order valence-electron chi connectivity index (χ4n) is 2.56. The minimum atomic E-state index is 0.506. The highest BCUT2D eigenvalue weighted by molar-refractivity contribution is 7.80. The smallest absolute Gasteiger partial charge is 0.175 e. The van der Waals surface area contributed by atoms with Crippen LogP contribution in [0, 0.1) is 20.8 Å². The standard InChI is InChI=1S/C18H22N2O2S/c1-11-8-12(2)17(13(3)9-11)20-18(23)19-15-10-14(21-4)6-7-16(15)22-5/h6-10H,1-5H3,(H2,19,20,23). The van der Waals surface area contributed by atoms with Crippen molar-refractivity contribution in [1.29, 1.82) is 0 Å². The van der Waals surface area contributed by atoms with Gasteiger partial charge in [0.2, 0.25) is 0 Å². The zero-order chi connectivity index (χ0) is 17.0. The number of aryl methyl sites for hydroxylation is 3. The first-order valence-electron chi connectivity index (χ1n) is 7.32. The fourth-order valence-corrected chi connectivity index (χ4v) is 2.77. The maximum atomic E-state index is 5.44. The zero-order valence-electron chi connectivity index (χ0n) is 14.1. The average Bonchev–Trinajstić information content (AvgIpc) is 2.50. The molecule has 0 aromatic heterocycles. The van der Waals surface area contributed by atoms with Crippen molar-refractivity contribution in [2.75, 3.05) is 24.9 Å². The van der Waals surface area contributed by atoms with E-state index in [0.29, 0.717) is 10.9 Å². The number of hydrogen-bond donors (Lipinski definition) is 2. The molecular formula is C18H22N2O2S. The van der Waals surface area contributed by atoms with Crippen LogP contribution in [0.25, 0.3) is 0 Å². The molecule has 2 rings (SSSR count). The molecule has 0 atom stereocenters. The van der Waals surface area contributed by atoms with E-state index in [1.165, 1.54) is 5.56 Å². The van der Waals surface area contributed by atoms with Gasteiger partial charge in [0.15, 0.2) is 5.11 Å². The maximum Gasteiger partial charge on any atom is 0.175 e. The summed E-state index contributed by atoms with van der Waals surface area (Å²) in [7, 11) is 3.25. The number of ether oxygens (including phenoxy) is 2. The third kappa shape index (κ3) is 4.13. The first-order valence-corrected chi connectivity index (χ1v) is 7.73. The van der Waals surface area contributed by atoms with Crippen LogP contribution in [0.5, 0.6) is 11.5 Å². The van der Waals surface area contributed by atoms with Crippen LogP contribution in [0.2, 0.25) is 0 Å². The number of rotatable bonds is 4. The highest BCUT2D eigenvalue weighted by Crippen LogP contribution is 2.29. The van der Waals surface area contributed by atoms with Crippen LogP contribution >= 0.6 is 12.2 Å². The zero-order valence-corrected chi connectivity index (χ0v) is 14.9. The molecular weight excluding hydrogens is 308 g/mol. The highest BCUT2D eigenvalue weighted by atomic mass is 32.1. The lowest BCUT2D eigenvalue weighted by Crippen LogP contribution is -2.20. The molecule has 5 heteroatoms. The molecule has 0 saturated heterocycles. The van der Waals surface area contributed by atoms with Crippen LogP contribution < -0.4 is 20.1 Å². The van der Waals surface area contributed by atoms with E-state index in [4.69, 9.17) is 21.7 Å². The van der Waals surface area contributed by atoms with Gasteiger partial charge in [0.25, 0.3) is 0 Å². The van der Waals surface area contributed by atoms with Crippen LogP contribution in [0.1, 0.15) is 16.7 Å². The Hall–Kier alpha value is -2.27. The second-order valence-electron chi connectivity index (χ2n) is 5.42. The first kappa shape index (κ1) is 17.1. The summed E-state index contributed by atoms with van der Waals surface area (Å²) in [6.45, 7) is 6.22. The third-order valence-corrected chi connectivity index (χ3v) is 3.77. The Balaban J connectivity index is 2.20. The van der Waals surface area contributed by atoms with E-state index in [2.05, 4.69) is 43.5 Å². The van der Waals surface area contributed by atoms with Gasteiger partial charge in [-0.15, -0.1) is 0 Å². The van der Waals surface area contributed by atoms with Crippen molar-refractivity contribution in [3.05, 3.63) is 47.0 Å². The molecule has 0 amide bonds. The number of hydrogen-bond acceptors (Lipinski definition) is 3. The minimum absolute atomic E-state index is 0.506. The Morgan fingerprint density at radius 3 is 2.13 bits per heavy atom. The second-order valence-corrected chi connectivity index (χ2v) is 5.83. The summed E-state index contributed by atoms with van der Waals surface area (Å²) in [6.07, 6.45) is 0. The third-order valence-electron chi connectivity index (χ3n) is 3.57. The van der Waals surface area contributed by atoms with E-state index in [1.54, 1.807) is 14.2 Å². The number of benzene rings is 2. The van der Waals surface area contributed by atoms with E-state index in [1.807, 2.05) is 18.2 Å². The van der Waals surface area contributed by atoms with Crippen molar-refractivity contribution in [2.24, 2.45) is 0 Å². The molecule has 2 N–H and O–H groups in total. The van der Waals surface area contributed by atoms with Crippen LogP contribution in [0.3, 0.4) is 0 Å².